The second kappa shape index (κ2) is 10.4. The fourth-order valence-electron chi connectivity index (χ4n) is 3.87. The van der Waals surface area contributed by atoms with Crippen LogP contribution < -0.4 is 10.0 Å². The molecule has 1 unspecified atom stereocenters. The minimum absolute atomic E-state index is 0.0578. The van der Waals surface area contributed by atoms with Crippen LogP contribution in [0.4, 0.5) is 0 Å². The van der Waals surface area contributed by atoms with Gasteiger partial charge in [0.15, 0.2) is 6.79 Å². The van der Waals surface area contributed by atoms with Gasteiger partial charge in [0.25, 0.3) is 0 Å². The summed E-state index contributed by atoms with van der Waals surface area (Å²) < 4.78 is 11.3. The van der Waals surface area contributed by atoms with E-state index < -0.39 is 0 Å². The van der Waals surface area contributed by atoms with E-state index in [1.807, 2.05) is 0 Å². The highest BCUT2D eigenvalue weighted by atomic mass is 31.1. The first-order chi connectivity index (χ1) is 13.4. The van der Waals surface area contributed by atoms with Gasteiger partial charge in [0, 0.05) is 24.4 Å². The summed E-state index contributed by atoms with van der Waals surface area (Å²) >= 11 is 0. The molecule has 0 aliphatic rings. The molecule has 1 atom stereocenters. The summed E-state index contributed by atoms with van der Waals surface area (Å²) in [6.45, 7) is 10.2. The molecule has 0 radical (unpaired) electrons. The zero-order chi connectivity index (χ0) is 20.7. The van der Waals surface area contributed by atoms with E-state index in [0.717, 1.165) is 25.1 Å². The molecule has 0 heterocycles. The van der Waals surface area contributed by atoms with E-state index in [9.17, 15) is 0 Å². The van der Waals surface area contributed by atoms with Crippen LogP contribution in [0.3, 0.4) is 0 Å². The second-order valence-electron chi connectivity index (χ2n) is 7.82. The summed E-state index contributed by atoms with van der Waals surface area (Å²) in [6, 6.07) is 13.4. The van der Waals surface area contributed by atoms with Crippen LogP contribution in [0.1, 0.15) is 48.9 Å². The normalized spacial score (nSPS) is 12.3. The van der Waals surface area contributed by atoms with Crippen LogP contribution in [-0.2, 0) is 16.4 Å². The topological polar surface area (TPSA) is 21.7 Å². The first kappa shape index (κ1) is 22.9. The van der Waals surface area contributed by atoms with Gasteiger partial charge in [-0.05, 0) is 57.2 Å². The molecule has 0 amide bonds. The largest absolute Gasteiger partial charge is 0.467 e. The molecule has 0 bridgehead atoms. The zero-order valence-corrected chi connectivity index (χ0v) is 19.6. The molecule has 4 heteroatoms. The summed E-state index contributed by atoms with van der Waals surface area (Å²) in [4.78, 5) is 2.24. The van der Waals surface area contributed by atoms with Gasteiger partial charge in [-0.3, -0.25) is 0 Å². The van der Waals surface area contributed by atoms with Gasteiger partial charge in [-0.15, -0.1) is 0 Å². The van der Waals surface area contributed by atoms with E-state index in [-0.39, 0.29) is 11.9 Å². The lowest BCUT2D eigenvalue weighted by atomic mass is 9.89. The van der Waals surface area contributed by atoms with Crippen LogP contribution >= 0.6 is 8.58 Å². The summed E-state index contributed by atoms with van der Waals surface area (Å²) in [5.74, 6) is 0.994. The van der Waals surface area contributed by atoms with E-state index >= 15 is 0 Å². The molecule has 0 aliphatic carbocycles. The number of methoxy groups -OCH3 is 1. The molecule has 2 aromatic carbocycles. The maximum absolute atomic E-state index is 6.09. The molecule has 3 nitrogen and oxygen atoms in total. The van der Waals surface area contributed by atoms with Crippen LogP contribution in [-0.4, -0.2) is 32.9 Å². The minimum Gasteiger partial charge on any atom is -0.467 e. The Bertz CT molecular complexity index is 769. The summed E-state index contributed by atoms with van der Waals surface area (Å²) in [5, 5.41) is 1.51. The van der Waals surface area contributed by atoms with Crippen LogP contribution in [0.5, 0.6) is 5.75 Å². The van der Waals surface area contributed by atoms with E-state index in [0.29, 0.717) is 8.58 Å². The molecule has 2 rings (SSSR count). The zero-order valence-electron chi connectivity index (χ0n) is 18.6. The highest BCUT2D eigenvalue weighted by Crippen LogP contribution is 2.51. The van der Waals surface area contributed by atoms with E-state index in [1.54, 1.807) is 7.11 Å². The standard InChI is InChI=1S/C24H36NO2P/c1-8-24(9-2,28-22-13-11-10-12-20(22)16-25(5)6)21-15-18(3)14-19(4)23(21)27-17-26-7/h10-15,28H,8-9,16-17H2,1-7H3. The van der Waals surface area contributed by atoms with Crippen molar-refractivity contribution in [3.05, 3.63) is 58.7 Å². The van der Waals surface area contributed by atoms with Gasteiger partial charge >= 0.3 is 0 Å². The van der Waals surface area contributed by atoms with Crippen molar-refractivity contribution in [3.63, 3.8) is 0 Å². The van der Waals surface area contributed by atoms with Gasteiger partial charge in [0.1, 0.15) is 5.75 Å². The number of aryl methyl sites for hydroxylation is 2. The highest BCUT2D eigenvalue weighted by molar-refractivity contribution is 7.48. The Morgan fingerprint density at radius 1 is 1.04 bits per heavy atom. The van der Waals surface area contributed by atoms with Crippen molar-refractivity contribution in [1.29, 1.82) is 0 Å². The summed E-state index contributed by atoms with van der Waals surface area (Å²) in [5.41, 5.74) is 5.21. The molecule has 0 aliphatic heterocycles. The average molecular weight is 402 g/mol. The van der Waals surface area contributed by atoms with E-state index in [2.05, 4.69) is 83.1 Å². The lowest BCUT2D eigenvalue weighted by Crippen LogP contribution is -2.26. The maximum Gasteiger partial charge on any atom is 0.188 e. The Morgan fingerprint density at radius 2 is 1.71 bits per heavy atom. The highest BCUT2D eigenvalue weighted by Gasteiger charge is 2.33. The molecule has 154 valence electrons. The van der Waals surface area contributed by atoms with Crippen LogP contribution in [0.2, 0.25) is 0 Å². The van der Waals surface area contributed by atoms with Gasteiger partial charge in [0.05, 0.1) is 0 Å². The molecule has 2 aromatic rings. The molecule has 28 heavy (non-hydrogen) atoms. The van der Waals surface area contributed by atoms with Gasteiger partial charge < -0.3 is 14.4 Å². The Balaban J connectivity index is 2.56. The first-order valence-electron chi connectivity index (χ1n) is 10.1. The lowest BCUT2D eigenvalue weighted by Gasteiger charge is -2.35. The Morgan fingerprint density at radius 3 is 2.32 bits per heavy atom. The fourth-order valence-corrected chi connectivity index (χ4v) is 5.56. The van der Waals surface area contributed by atoms with Crippen molar-refractivity contribution in [2.75, 3.05) is 28.0 Å². The first-order valence-corrected chi connectivity index (χ1v) is 11.1. The number of benzene rings is 2. The Labute approximate surface area is 173 Å². The number of ether oxygens (including phenoxy) is 2. The fraction of sp³-hybridized carbons (Fsp3) is 0.500. The Hall–Kier alpha value is -1.41. The smallest absolute Gasteiger partial charge is 0.188 e. The maximum atomic E-state index is 6.09. The molecule has 0 saturated heterocycles. The third kappa shape index (κ3) is 5.35. The SMILES string of the molecule is CCC(CC)(Pc1ccccc1CN(C)C)c1cc(C)cc(C)c1OCOC. The van der Waals surface area contributed by atoms with Crippen molar-refractivity contribution in [2.24, 2.45) is 0 Å². The van der Waals surface area contributed by atoms with Crippen molar-refractivity contribution in [2.45, 2.75) is 52.2 Å². The van der Waals surface area contributed by atoms with E-state index in [1.165, 1.54) is 27.6 Å². The lowest BCUT2D eigenvalue weighted by molar-refractivity contribution is 0.0494. The third-order valence-corrected chi connectivity index (χ3v) is 7.55. The van der Waals surface area contributed by atoms with E-state index in [4.69, 9.17) is 9.47 Å². The number of rotatable bonds is 10. The number of hydrogen-bond acceptors (Lipinski definition) is 3. The van der Waals surface area contributed by atoms with Crippen LogP contribution in [0.15, 0.2) is 36.4 Å². The average Bonchev–Trinajstić information content (AvgIpc) is 2.66. The second-order valence-corrected chi connectivity index (χ2v) is 9.56. The van der Waals surface area contributed by atoms with Crippen molar-refractivity contribution < 1.29 is 9.47 Å². The minimum atomic E-state index is 0.0578. The Kier molecular flexibility index (Phi) is 8.49. The molecule has 0 spiro atoms. The van der Waals surface area contributed by atoms with Gasteiger partial charge in [-0.2, -0.15) is 0 Å². The number of nitrogens with zero attached hydrogens (tertiary/aromatic N) is 1. The summed E-state index contributed by atoms with van der Waals surface area (Å²) in [7, 11) is 6.63. The third-order valence-electron chi connectivity index (χ3n) is 5.34. The molecule has 0 N–H and O–H groups in total. The monoisotopic (exact) mass is 401 g/mol. The van der Waals surface area contributed by atoms with Crippen molar-refractivity contribution in [3.8, 4) is 5.75 Å². The van der Waals surface area contributed by atoms with Crippen molar-refractivity contribution in [1.82, 2.24) is 4.90 Å². The molecule has 0 fully saturated rings. The quantitative estimate of drug-likeness (QED) is 0.395. The van der Waals surface area contributed by atoms with Crippen LogP contribution in [0, 0.1) is 13.8 Å². The molecule has 0 aromatic heterocycles. The molecular weight excluding hydrogens is 365 g/mol. The van der Waals surface area contributed by atoms with Gasteiger partial charge in [0.2, 0.25) is 0 Å². The molecule has 0 saturated carbocycles. The predicted octanol–water partition coefficient (Wildman–Crippen LogP) is 5.37. The predicted molar refractivity (Wildman–Crippen MR) is 122 cm³/mol. The number of hydrogen-bond donors (Lipinski definition) is 0. The van der Waals surface area contributed by atoms with Gasteiger partial charge in [-0.25, -0.2) is 0 Å². The van der Waals surface area contributed by atoms with Crippen molar-refractivity contribution >= 4 is 13.9 Å². The summed E-state index contributed by atoms with van der Waals surface area (Å²) in [6.07, 6.45) is 2.15. The molecular formula is C24H36NO2P. The van der Waals surface area contributed by atoms with Gasteiger partial charge in [-0.1, -0.05) is 64.4 Å². The van der Waals surface area contributed by atoms with Crippen LogP contribution in [0.25, 0.3) is 0 Å².